The van der Waals surface area contributed by atoms with E-state index in [1.54, 1.807) is 6.07 Å². The molecule has 0 radical (unpaired) electrons. The molecule has 0 aromatic heterocycles. The monoisotopic (exact) mass is 424 g/mol. The molecule has 0 aliphatic heterocycles. The fraction of sp³-hybridized carbons (Fsp3) is 0.350. The summed E-state index contributed by atoms with van der Waals surface area (Å²) in [6.45, 7) is 2.69. The first kappa shape index (κ1) is 20.3. The number of methoxy groups -OCH3 is 2. The minimum atomic E-state index is -0.419. The summed E-state index contributed by atoms with van der Waals surface area (Å²) >= 11 is 0.173. The predicted molar refractivity (Wildman–Crippen MR) is 102 cm³/mol. The molecular weight excluding hydrogens is 399 g/mol. The van der Waals surface area contributed by atoms with Gasteiger partial charge in [-0.25, -0.2) is 0 Å². The van der Waals surface area contributed by atoms with E-state index in [0.29, 0.717) is 23.7 Å². The molecule has 6 heteroatoms. The number of ether oxygens (including phenoxy) is 4. The van der Waals surface area contributed by atoms with Gasteiger partial charge in [0.05, 0.1) is 0 Å². The fourth-order valence-corrected chi connectivity index (χ4v) is 4.20. The van der Waals surface area contributed by atoms with E-state index in [0.717, 1.165) is 17.3 Å². The molecule has 0 bridgehead atoms. The van der Waals surface area contributed by atoms with Crippen LogP contribution in [0.3, 0.4) is 0 Å². The molecule has 0 aliphatic rings. The van der Waals surface area contributed by atoms with Crippen LogP contribution in [0, 0.1) is 0 Å². The molecule has 0 N–H and O–H groups in total. The van der Waals surface area contributed by atoms with Gasteiger partial charge in [0.25, 0.3) is 0 Å². The standard InChI is InChI=1S/C20H24O5Se/c1-4-10-24-16-11-15(13-26-17-8-6-5-7-9-17)19(20(21)23-3)18(12-16)25-14-22-2/h5-9,11-12H,4,10,13-14H2,1-3H3. The summed E-state index contributed by atoms with van der Waals surface area (Å²) in [6, 6.07) is 13.9. The molecule has 2 aromatic carbocycles. The van der Waals surface area contributed by atoms with E-state index in [2.05, 4.69) is 12.1 Å². The normalized spacial score (nSPS) is 10.4. The van der Waals surface area contributed by atoms with Gasteiger partial charge in [-0.05, 0) is 0 Å². The van der Waals surface area contributed by atoms with Crippen molar-refractivity contribution >= 4 is 25.4 Å². The van der Waals surface area contributed by atoms with E-state index in [4.69, 9.17) is 18.9 Å². The first-order valence-electron chi connectivity index (χ1n) is 8.37. The quantitative estimate of drug-likeness (QED) is 0.334. The van der Waals surface area contributed by atoms with E-state index in [1.807, 2.05) is 31.2 Å². The number of carbonyl (C=O) groups is 1. The van der Waals surface area contributed by atoms with Gasteiger partial charge in [0.15, 0.2) is 0 Å². The molecule has 0 amide bonds. The Balaban J connectivity index is 2.37. The third-order valence-electron chi connectivity index (χ3n) is 3.49. The van der Waals surface area contributed by atoms with Crippen molar-refractivity contribution < 1.29 is 23.7 Å². The van der Waals surface area contributed by atoms with E-state index >= 15 is 0 Å². The van der Waals surface area contributed by atoms with Gasteiger partial charge in [-0.3, -0.25) is 0 Å². The molecule has 2 aromatic rings. The number of rotatable bonds is 10. The topological polar surface area (TPSA) is 54.0 Å². The van der Waals surface area contributed by atoms with Gasteiger partial charge < -0.3 is 0 Å². The van der Waals surface area contributed by atoms with Crippen LogP contribution in [0.4, 0.5) is 0 Å². The predicted octanol–water partition coefficient (Wildman–Crippen LogP) is 2.77. The van der Waals surface area contributed by atoms with Crippen LogP contribution in [0.1, 0.15) is 29.3 Å². The van der Waals surface area contributed by atoms with Crippen molar-refractivity contribution in [1.29, 1.82) is 0 Å². The average molecular weight is 423 g/mol. The Morgan fingerprint density at radius 1 is 1.08 bits per heavy atom. The third-order valence-corrected chi connectivity index (χ3v) is 5.72. The maximum atomic E-state index is 12.4. The summed E-state index contributed by atoms with van der Waals surface area (Å²) in [5, 5.41) is 0.730. The van der Waals surface area contributed by atoms with Crippen LogP contribution in [-0.4, -0.2) is 48.5 Å². The molecule has 0 fully saturated rings. The summed E-state index contributed by atoms with van der Waals surface area (Å²) < 4.78 is 22.6. The van der Waals surface area contributed by atoms with Crippen LogP contribution in [0.25, 0.3) is 0 Å². The van der Waals surface area contributed by atoms with Crippen molar-refractivity contribution in [2.75, 3.05) is 27.6 Å². The molecule has 140 valence electrons. The second-order valence-electron chi connectivity index (χ2n) is 5.45. The molecule has 0 unspecified atom stereocenters. The molecule has 0 heterocycles. The van der Waals surface area contributed by atoms with Gasteiger partial charge >= 0.3 is 161 Å². The first-order valence-corrected chi connectivity index (χ1v) is 10.4. The van der Waals surface area contributed by atoms with Gasteiger partial charge in [-0.2, -0.15) is 0 Å². The molecule has 2 rings (SSSR count). The number of benzene rings is 2. The zero-order valence-electron chi connectivity index (χ0n) is 15.3. The van der Waals surface area contributed by atoms with Crippen molar-refractivity contribution in [2.24, 2.45) is 0 Å². The number of esters is 1. The van der Waals surface area contributed by atoms with E-state index in [-0.39, 0.29) is 21.7 Å². The molecule has 26 heavy (non-hydrogen) atoms. The average Bonchev–Trinajstić information content (AvgIpc) is 2.69. The second kappa shape index (κ2) is 10.9. The maximum absolute atomic E-state index is 12.4. The van der Waals surface area contributed by atoms with Gasteiger partial charge in [0.2, 0.25) is 0 Å². The van der Waals surface area contributed by atoms with Crippen molar-refractivity contribution in [3.63, 3.8) is 0 Å². The van der Waals surface area contributed by atoms with Crippen LogP contribution in [-0.2, 0) is 14.8 Å². The molecule has 0 spiro atoms. The van der Waals surface area contributed by atoms with Crippen LogP contribution in [0.2, 0.25) is 0 Å². The third kappa shape index (κ3) is 5.77. The van der Waals surface area contributed by atoms with Crippen molar-refractivity contribution in [2.45, 2.75) is 18.7 Å². The van der Waals surface area contributed by atoms with Gasteiger partial charge in [-0.15, -0.1) is 0 Å². The van der Waals surface area contributed by atoms with Crippen molar-refractivity contribution in [3.8, 4) is 11.5 Å². The Labute approximate surface area is 160 Å². The van der Waals surface area contributed by atoms with Gasteiger partial charge in [-0.1, -0.05) is 0 Å². The van der Waals surface area contributed by atoms with Crippen LogP contribution in [0.5, 0.6) is 11.5 Å². The SMILES string of the molecule is CCCOc1cc(C[Se]c2ccccc2)c(C(=O)OC)c(OCOC)c1. The molecular formula is C20H24O5Se. The zero-order valence-corrected chi connectivity index (χ0v) is 17.0. The van der Waals surface area contributed by atoms with Crippen molar-refractivity contribution in [1.82, 2.24) is 0 Å². The summed E-state index contributed by atoms with van der Waals surface area (Å²) in [6.07, 6.45) is 0.899. The van der Waals surface area contributed by atoms with Gasteiger partial charge in [0, 0.05) is 0 Å². The summed E-state index contributed by atoms with van der Waals surface area (Å²) in [4.78, 5) is 12.4. The summed E-state index contributed by atoms with van der Waals surface area (Å²) in [5.74, 6) is 0.688. The molecule has 0 saturated carbocycles. The summed E-state index contributed by atoms with van der Waals surface area (Å²) in [5.41, 5.74) is 1.30. The summed E-state index contributed by atoms with van der Waals surface area (Å²) in [7, 11) is 2.91. The Bertz CT molecular complexity index is 703. The number of hydrogen-bond acceptors (Lipinski definition) is 5. The Morgan fingerprint density at radius 3 is 2.50 bits per heavy atom. The van der Waals surface area contributed by atoms with Crippen molar-refractivity contribution in [3.05, 3.63) is 53.6 Å². The molecule has 0 saturated heterocycles. The van der Waals surface area contributed by atoms with Crippen LogP contribution in [0.15, 0.2) is 42.5 Å². The van der Waals surface area contributed by atoms with Crippen LogP contribution >= 0.6 is 0 Å². The van der Waals surface area contributed by atoms with E-state index in [1.165, 1.54) is 18.7 Å². The second-order valence-corrected chi connectivity index (χ2v) is 7.65. The van der Waals surface area contributed by atoms with E-state index < -0.39 is 5.97 Å². The minimum absolute atomic E-state index is 0.0461. The van der Waals surface area contributed by atoms with Gasteiger partial charge in [0.1, 0.15) is 0 Å². The fourth-order valence-electron chi connectivity index (χ4n) is 2.31. The van der Waals surface area contributed by atoms with Crippen LogP contribution < -0.4 is 13.9 Å². The number of carbonyl (C=O) groups excluding carboxylic acids is 1. The number of hydrogen-bond donors (Lipinski definition) is 0. The molecule has 0 aliphatic carbocycles. The molecule has 0 atom stereocenters. The molecule has 5 nitrogen and oxygen atoms in total. The van der Waals surface area contributed by atoms with E-state index in [9.17, 15) is 4.79 Å². The Hall–Kier alpha value is -2.01. The Morgan fingerprint density at radius 2 is 1.85 bits per heavy atom. The Kier molecular flexibility index (Phi) is 8.48. The first-order chi connectivity index (χ1) is 12.7. The zero-order chi connectivity index (χ0) is 18.8.